The fourth-order valence-electron chi connectivity index (χ4n) is 1.22. The zero-order chi connectivity index (χ0) is 10.1. The molecule has 1 aromatic heterocycles. The molecular formula is C9H5BrClNO2. The summed E-state index contributed by atoms with van der Waals surface area (Å²) in [5, 5.41) is 0.311. The van der Waals surface area contributed by atoms with E-state index in [0.717, 1.165) is 0 Å². The lowest BCUT2D eigenvalue weighted by Gasteiger charge is -1.95. The number of oxazole rings is 1. The molecule has 0 N–H and O–H groups in total. The number of fused-ring (bicyclic) bond motifs is 1. The van der Waals surface area contributed by atoms with Crippen LogP contribution >= 0.6 is 27.5 Å². The summed E-state index contributed by atoms with van der Waals surface area (Å²) in [5.74, 6) is -0.0411. The Balaban J connectivity index is 2.70. The Bertz CT molecular complexity index is 495. The van der Waals surface area contributed by atoms with E-state index in [1.165, 1.54) is 0 Å². The van der Waals surface area contributed by atoms with Crippen LogP contribution in [-0.4, -0.2) is 16.1 Å². The minimum Gasteiger partial charge on any atom is -0.428 e. The molecular weight excluding hydrogens is 269 g/mol. The maximum atomic E-state index is 11.5. The maximum absolute atomic E-state index is 11.5. The summed E-state index contributed by atoms with van der Waals surface area (Å²) in [6, 6.07) is 5.16. The summed E-state index contributed by atoms with van der Waals surface area (Å²) in [7, 11) is 0. The summed E-state index contributed by atoms with van der Waals surface area (Å²) >= 11 is 8.71. The Morgan fingerprint density at radius 2 is 2.36 bits per heavy atom. The average molecular weight is 275 g/mol. The minimum atomic E-state index is -0.0411. The highest BCUT2D eigenvalue weighted by Gasteiger charge is 2.13. The van der Waals surface area contributed by atoms with E-state index >= 15 is 0 Å². The fourth-order valence-corrected chi connectivity index (χ4v) is 1.69. The van der Waals surface area contributed by atoms with Crippen LogP contribution in [-0.2, 0) is 0 Å². The van der Waals surface area contributed by atoms with Crippen LogP contribution < -0.4 is 0 Å². The number of aromatic nitrogens is 1. The van der Waals surface area contributed by atoms with Crippen molar-refractivity contribution >= 4 is 44.4 Å². The van der Waals surface area contributed by atoms with Crippen LogP contribution in [0.4, 0.5) is 0 Å². The number of hydrogen-bond acceptors (Lipinski definition) is 3. The van der Waals surface area contributed by atoms with Gasteiger partial charge >= 0.3 is 0 Å². The van der Waals surface area contributed by atoms with E-state index in [1.807, 2.05) is 0 Å². The van der Waals surface area contributed by atoms with Crippen molar-refractivity contribution in [3.8, 4) is 0 Å². The van der Waals surface area contributed by atoms with Gasteiger partial charge in [-0.25, -0.2) is 0 Å². The molecule has 1 aromatic carbocycles. The molecule has 1 heterocycles. The lowest BCUT2D eigenvalue weighted by Crippen LogP contribution is -2.00. The lowest BCUT2D eigenvalue weighted by molar-refractivity contribution is 0.102. The second kappa shape index (κ2) is 3.71. The summed E-state index contributed by atoms with van der Waals surface area (Å²) < 4.78 is 5.09. The minimum absolute atomic E-state index is 0.0411. The van der Waals surface area contributed by atoms with Gasteiger partial charge in [-0.15, -0.1) is 0 Å². The molecule has 0 aliphatic heterocycles. The normalized spacial score (nSPS) is 10.7. The average Bonchev–Trinajstić information content (AvgIpc) is 2.56. The first-order valence-corrected chi connectivity index (χ1v) is 5.36. The van der Waals surface area contributed by atoms with Crippen LogP contribution in [0.1, 0.15) is 10.4 Å². The van der Waals surface area contributed by atoms with Crippen molar-refractivity contribution in [2.24, 2.45) is 0 Å². The summed E-state index contributed by atoms with van der Waals surface area (Å²) in [6.45, 7) is 0. The van der Waals surface area contributed by atoms with Crippen LogP contribution in [0.15, 0.2) is 22.6 Å². The quantitative estimate of drug-likeness (QED) is 0.624. The standard InChI is InChI=1S/C9H5BrClNO2/c10-4-6(13)5-2-1-3-7-8(5)12-9(11)14-7/h1-3H,4H2. The van der Waals surface area contributed by atoms with E-state index in [4.69, 9.17) is 16.0 Å². The Labute approximate surface area is 93.2 Å². The molecule has 0 aliphatic rings. The molecule has 0 unspecified atom stereocenters. The third-order valence-corrected chi connectivity index (χ3v) is 2.49. The molecule has 14 heavy (non-hydrogen) atoms. The number of nitrogens with zero attached hydrogens (tertiary/aromatic N) is 1. The fraction of sp³-hybridized carbons (Fsp3) is 0.111. The van der Waals surface area contributed by atoms with Gasteiger partial charge in [0.2, 0.25) is 0 Å². The number of hydrogen-bond donors (Lipinski definition) is 0. The van der Waals surface area contributed by atoms with Gasteiger partial charge in [0.25, 0.3) is 5.35 Å². The number of alkyl halides is 1. The Morgan fingerprint density at radius 1 is 1.57 bits per heavy atom. The van der Waals surface area contributed by atoms with Gasteiger partial charge in [-0.05, 0) is 23.7 Å². The van der Waals surface area contributed by atoms with E-state index in [9.17, 15) is 4.79 Å². The Morgan fingerprint density at radius 3 is 3.07 bits per heavy atom. The van der Waals surface area contributed by atoms with E-state index in [-0.39, 0.29) is 16.5 Å². The van der Waals surface area contributed by atoms with Crippen molar-refractivity contribution in [2.75, 3.05) is 5.33 Å². The first-order valence-electron chi connectivity index (χ1n) is 3.86. The van der Waals surface area contributed by atoms with E-state index in [0.29, 0.717) is 16.7 Å². The van der Waals surface area contributed by atoms with Crippen molar-refractivity contribution in [1.29, 1.82) is 0 Å². The molecule has 0 aliphatic carbocycles. The number of rotatable bonds is 2. The van der Waals surface area contributed by atoms with Crippen LogP contribution in [0.25, 0.3) is 11.1 Å². The van der Waals surface area contributed by atoms with Gasteiger partial charge in [0, 0.05) is 5.56 Å². The molecule has 0 radical (unpaired) electrons. The van der Waals surface area contributed by atoms with Crippen molar-refractivity contribution in [2.45, 2.75) is 0 Å². The number of carbonyl (C=O) groups is 1. The van der Waals surface area contributed by atoms with E-state index in [1.54, 1.807) is 18.2 Å². The molecule has 72 valence electrons. The molecule has 2 aromatic rings. The zero-order valence-corrected chi connectivity index (χ0v) is 9.30. The molecule has 3 nitrogen and oxygen atoms in total. The van der Waals surface area contributed by atoms with Crippen molar-refractivity contribution in [3.63, 3.8) is 0 Å². The number of para-hydroxylation sites is 1. The molecule has 0 amide bonds. The number of Topliss-reactive ketones (excluding diaryl/α,β-unsaturated/α-hetero) is 1. The van der Waals surface area contributed by atoms with Crippen molar-refractivity contribution in [3.05, 3.63) is 29.1 Å². The molecule has 0 atom stereocenters. The first kappa shape index (κ1) is 9.68. The predicted octanol–water partition coefficient (Wildman–Crippen LogP) is 3.06. The summed E-state index contributed by atoms with van der Waals surface area (Å²) in [6.07, 6.45) is 0. The monoisotopic (exact) mass is 273 g/mol. The van der Waals surface area contributed by atoms with Gasteiger partial charge in [-0.2, -0.15) is 4.98 Å². The number of halogens is 2. The topological polar surface area (TPSA) is 43.1 Å². The van der Waals surface area contributed by atoms with Gasteiger partial charge in [-0.3, -0.25) is 4.79 Å². The summed E-state index contributed by atoms with van der Waals surface area (Å²) in [4.78, 5) is 15.4. The highest BCUT2D eigenvalue weighted by Crippen LogP contribution is 2.22. The molecule has 5 heteroatoms. The lowest BCUT2D eigenvalue weighted by atomic mass is 10.1. The highest BCUT2D eigenvalue weighted by atomic mass is 79.9. The largest absolute Gasteiger partial charge is 0.428 e. The second-order valence-electron chi connectivity index (χ2n) is 2.68. The van der Waals surface area contributed by atoms with Crippen molar-refractivity contribution < 1.29 is 9.21 Å². The summed E-state index contributed by atoms with van der Waals surface area (Å²) in [5.41, 5.74) is 1.57. The number of ketones is 1. The molecule has 0 fully saturated rings. The highest BCUT2D eigenvalue weighted by molar-refractivity contribution is 9.09. The molecule has 0 saturated heterocycles. The second-order valence-corrected chi connectivity index (χ2v) is 3.56. The van der Waals surface area contributed by atoms with Crippen LogP contribution in [0.5, 0.6) is 0 Å². The van der Waals surface area contributed by atoms with Gasteiger partial charge in [0.1, 0.15) is 5.52 Å². The SMILES string of the molecule is O=C(CBr)c1cccc2oc(Cl)nc12. The van der Waals surface area contributed by atoms with E-state index in [2.05, 4.69) is 20.9 Å². The van der Waals surface area contributed by atoms with Crippen molar-refractivity contribution in [1.82, 2.24) is 4.98 Å². The number of carbonyl (C=O) groups excluding carboxylic acids is 1. The zero-order valence-electron chi connectivity index (χ0n) is 6.96. The molecule has 0 spiro atoms. The third-order valence-electron chi connectivity index (χ3n) is 1.81. The molecule has 0 saturated carbocycles. The van der Waals surface area contributed by atoms with E-state index < -0.39 is 0 Å². The number of benzene rings is 1. The Kier molecular flexibility index (Phi) is 2.56. The molecule has 0 bridgehead atoms. The van der Waals surface area contributed by atoms with Gasteiger partial charge in [0.15, 0.2) is 11.4 Å². The van der Waals surface area contributed by atoms with Gasteiger partial charge in [0.05, 0.1) is 5.33 Å². The predicted molar refractivity (Wildman–Crippen MR) is 57.1 cm³/mol. The Hall–Kier alpha value is -0.870. The van der Waals surface area contributed by atoms with Crippen LogP contribution in [0.3, 0.4) is 0 Å². The van der Waals surface area contributed by atoms with Crippen LogP contribution in [0, 0.1) is 0 Å². The first-order chi connectivity index (χ1) is 6.72. The third kappa shape index (κ3) is 1.55. The van der Waals surface area contributed by atoms with Gasteiger partial charge < -0.3 is 4.42 Å². The smallest absolute Gasteiger partial charge is 0.293 e. The van der Waals surface area contributed by atoms with Crippen LogP contribution in [0.2, 0.25) is 5.35 Å². The maximum Gasteiger partial charge on any atom is 0.293 e. The molecule has 2 rings (SSSR count). The van der Waals surface area contributed by atoms with Gasteiger partial charge in [-0.1, -0.05) is 22.0 Å².